The van der Waals surface area contributed by atoms with Crippen molar-refractivity contribution in [2.24, 2.45) is 0 Å². The highest BCUT2D eigenvalue weighted by Crippen LogP contribution is 2.18. The van der Waals surface area contributed by atoms with Gasteiger partial charge in [0.15, 0.2) is 0 Å². The molecule has 0 saturated carbocycles. The van der Waals surface area contributed by atoms with E-state index in [0.717, 1.165) is 18.4 Å². The molecule has 110 valence electrons. The first-order valence-electron chi connectivity index (χ1n) is 7.61. The van der Waals surface area contributed by atoms with E-state index < -0.39 is 0 Å². The van der Waals surface area contributed by atoms with Crippen molar-refractivity contribution in [3.8, 4) is 11.8 Å². The highest BCUT2D eigenvalue weighted by atomic mass is 32.2. The molecule has 0 aliphatic carbocycles. The number of benzene rings is 1. The molecule has 0 aromatic heterocycles. The van der Waals surface area contributed by atoms with Crippen molar-refractivity contribution < 1.29 is 5.11 Å². The van der Waals surface area contributed by atoms with Crippen LogP contribution in [0.5, 0.6) is 0 Å². The SMILES string of the molecule is CSc1ccccc1C#CCCCCCCCCCO. The van der Waals surface area contributed by atoms with Gasteiger partial charge >= 0.3 is 0 Å². The van der Waals surface area contributed by atoms with E-state index >= 15 is 0 Å². The summed E-state index contributed by atoms with van der Waals surface area (Å²) in [6.45, 7) is 0.340. The van der Waals surface area contributed by atoms with Crippen LogP contribution in [0.2, 0.25) is 0 Å². The average molecular weight is 290 g/mol. The van der Waals surface area contributed by atoms with Crippen LogP contribution < -0.4 is 0 Å². The highest BCUT2D eigenvalue weighted by Gasteiger charge is 1.95. The number of thioether (sulfide) groups is 1. The number of unbranched alkanes of at least 4 members (excludes halogenated alkanes) is 7. The Hall–Kier alpha value is -0.910. The molecule has 20 heavy (non-hydrogen) atoms. The summed E-state index contributed by atoms with van der Waals surface area (Å²) in [5.41, 5.74) is 1.16. The molecule has 0 atom stereocenters. The Kier molecular flexibility index (Phi) is 10.2. The summed E-state index contributed by atoms with van der Waals surface area (Å²) in [6.07, 6.45) is 11.6. The van der Waals surface area contributed by atoms with Gasteiger partial charge in [-0.25, -0.2) is 0 Å². The van der Waals surface area contributed by atoms with Crippen LogP contribution in [0.4, 0.5) is 0 Å². The van der Waals surface area contributed by atoms with Crippen molar-refractivity contribution in [3.63, 3.8) is 0 Å². The molecule has 1 nitrogen and oxygen atoms in total. The van der Waals surface area contributed by atoms with Gasteiger partial charge in [-0.3, -0.25) is 0 Å². The molecule has 1 aromatic rings. The lowest BCUT2D eigenvalue weighted by Gasteiger charge is -1.99. The normalized spacial score (nSPS) is 10.1. The standard InChI is InChI=1S/C18H26OS/c1-20-18-15-11-10-14-17(18)13-9-7-5-3-2-4-6-8-12-16-19/h10-11,14-15,19H,2-8,12,16H2,1H3. The van der Waals surface area contributed by atoms with E-state index in [9.17, 15) is 0 Å². The Labute approximate surface area is 128 Å². The molecule has 1 aromatic carbocycles. The molecule has 0 fully saturated rings. The maximum atomic E-state index is 8.68. The quantitative estimate of drug-likeness (QED) is 0.397. The summed E-state index contributed by atoms with van der Waals surface area (Å²) in [5.74, 6) is 6.58. The predicted octanol–water partition coefficient (Wildman–Crippen LogP) is 4.87. The molecule has 0 aliphatic heterocycles. The third kappa shape index (κ3) is 7.62. The molecule has 0 aliphatic rings. The minimum absolute atomic E-state index is 0.340. The zero-order chi connectivity index (χ0) is 14.5. The topological polar surface area (TPSA) is 20.2 Å². The third-order valence-corrected chi connectivity index (χ3v) is 4.09. The van der Waals surface area contributed by atoms with Crippen LogP contribution >= 0.6 is 11.8 Å². The van der Waals surface area contributed by atoms with Crippen LogP contribution in [0.3, 0.4) is 0 Å². The third-order valence-electron chi connectivity index (χ3n) is 3.29. The maximum Gasteiger partial charge on any atom is 0.0431 e. The van der Waals surface area contributed by atoms with Gasteiger partial charge in [-0.05, 0) is 31.2 Å². The second-order valence-corrected chi connectivity index (χ2v) is 5.80. The van der Waals surface area contributed by atoms with Crippen LogP contribution in [-0.4, -0.2) is 18.0 Å². The van der Waals surface area contributed by atoms with Gasteiger partial charge in [0.05, 0.1) is 0 Å². The number of aliphatic hydroxyl groups excluding tert-OH is 1. The number of rotatable bonds is 9. The maximum absolute atomic E-state index is 8.68. The summed E-state index contributed by atoms with van der Waals surface area (Å²) in [6, 6.07) is 8.34. The minimum Gasteiger partial charge on any atom is -0.396 e. The van der Waals surface area contributed by atoms with Gasteiger partial charge in [0, 0.05) is 23.5 Å². The van der Waals surface area contributed by atoms with Crippen LogP contribution in [0, 0.1) is 11.8 Å². The van der Waals surface area contributed by atoms with Crippen molar-refractivity contribution in [2.45, 2.75) is 56.3 Å². The first kappa shape index (κ1) is 17.1. The lowest BCUT2D eigenvalue weighted by Crippen LogP contribution is -1.84. The van der Waals surface area contributed by atoms with Crippen molar-refractivity contribution in [1.82, 2.24) is 0 Å². The van der Waals surface area contributed by atoms with E-state index in [1.54, 1.807) is 11.8 Å². The molecular formula is C18H26OS. The van der Waals surface area contributed by atoms with Crippen LogP contribution in [0.1, 0.15) is 56.9 Å². The predicted molar refractivity (Wildman–Crippen MR) is 89.1 cm³/mol. The minimum atomic E-state index is 0.340. The van der Waals surface area contributed by atoms with Gasteiger partial charge in [-0.1, -0.05) is 56.1 Å². The van der Waals surface area contributed by atoms with Gasteiger partial charge in [0.2, 0.25) is 0 Å². The van der Waals surface area contributed by atoms with E-state index in [1.807, 2.05) is 0 Å². The van der Waals surface area contributed by atoms with Crippen molar-refractivity contribution in [2.75, 3.05) is 12.9 Å². The van der Waals surface area contributed by atoms with E-state index in [1.165, 1.54) is 43.4 Å². The van der Waals surface area contributed by atoms with Gasteiger partial charge in [-0.15, -0.1) is 11.8 Å². The zero-order valence-corrected chi connectivity index (χ0v) is 13.3. The Bertz CT molecular complexity index is 417. The Balaban J connectivity index is 2.11. The van der Waals surface area contributed by atoms with Crippen LogP contribution in [-0.2, 0) is 0 Å². The monoisotopic (exact) mass is 290 g/mol. The van der Waals surface area contributed by atoms with Crippen molar-refractivity contribution >= 4 is 11.8 Å². The smallest absolute Gasteiger partial charge is 0.0431 e. The molecule has 0 unspecified atom stereocenters. The van der Waals surface area contributed by atoms with Crippen molar-refractivity contribution in [3.05, 3.63) is 29.8 Å². The summed E-state index contributed by atoms with van der Waals surface area (Å²) in [7, 11) is 0. The molecule has 1 rings (SSSR count). The highest BCUT2D eigenvalue weighted by molar-refractivity contribution is 7.98. The summed E-state index contributed by atoms with van der Waals surface area (Å²) in [4.78, 5) is 1.27. The molecule has 1 N–H and O–H groups in total. The summed E-state index contributed by atoms with van der Waals surface area (Å²) >= 11 is 1.76. The number of aliphatic hydroxyl groups is 1. The van der Waals surface area contributed by atoms with E-state index in [0.29, 0.717) is 6.61 Å². The first-order chi connectivity index (χ1) is 9.88. The molecule has 0 bridgehead atoms. The largest absolute Gasteiger partial charge is 0.396 e. The fourth-order valence-corrected chi connectivity index (χ4v) is 2.67. The molecule has 0 saturated heterocycles. The van der Waals surface area contributed by atoms with Gasteiger partial charge in [-0.2, -0.15) is 0 Å². The second kappa shape index (κ2) is 11.9. The molecule has 0 amide bonds. The Morgan fingerprint density at radius 3 is 2.30 bits per heavy atom. The van der Waals surface area contributed by atoms with E-state index in [2.05, 4.69) is 42.4 Å². The van der Waals surface area contributed by atoms with Crippen LogP contribution in [0.15, 0.2) is 29.2 Å². The summed E-state index contributed by atoms with van der Waals surface area (Å²) < 4.78 is 0. The van der Waals surface area contributed by atoms with Gasteiger partial charge < -0.3 is 5.11 Å². The van der Waals surface area contributed by atoms with Crippen LogP contribution in [0.25, 0.3) is 0 Å². The fourth-order valence-electron chi connectivity index (χ4n) is 2.11. The Morgan fingerprint density at radius 1 is 0.950 bits per heavy atom. The lowest BCUT2D eigenvalue weighted by molar-refractivity contribution is 0.282. The Morgan fingerprint density at radius 2 is 1.60 bits per heavy atom. The lowest BCUT2D eigenvalue weighted by atomic mass is 10.1. The molecule has 2 heteroatoms. The number of hydrogen-bond acceptors (Lipinski definition) is 2. The molecule has 0 heterocycles. The van der Waals surface area contributed by atoms with E-state index in [4.69, 9.17) is 5.11 Å². The first-order valence-corrected chi connectivity index (χ1v) is 8.83. The van der Waals surface area contributed by atoms with Crippen molar-refractivity contribution in [1.29, 1.82) is 0 Å². The molecule has 0 radical (unpaired) electrons. The fraction of sp³-hybridized carbons (Fsp3) is 0.556. The number of hydrogen-bond donors (Lipinski definition) is 1. The van der Waals surface area contributed by atoms with Gasteiger partial charge in [0.25, 0.3) is 0 Å². The zero-order valence-electron chi connectivity index (χ0n) is 12.5. The van der Waals surface area contributed by atoms with E-state index in [-0.39, 0.29) is 0 Å². The molecular weight excluding hydrogens is 264 g/mol. The summed E-state index contributed by atoms with van der Waals surface area (Å²) in [5, 5.41) is 8.68. The second-order valence-electron chi connectivity index (χ2n) is 4.95. The molecule has 0 spiro atoms. The average Bonchev–Trinajstić information content (AvgIpc) is 2.49. The van der Waals surface area contributed by atoms with Gasteiger partial charge in [0.1, 0.15) is 0 Å².